The molecule has 0 fully saturated rings. The van der Waals surface area contributed by atoms with Gasteiger partial charge in [0.2, 0.25) is 0 Å². The molecular weight excluding hydrogens is 288 g/mol. The van der Waals surface area contributed by atoms with E-state index in [1.807, 2.05) is 0 Å². The van der Waals surface area contributed by atoms with Crippen LogP contribution in [0.1, 0.15) is 15.9 Å². The maximum atomic E-state index is 13.1. The average molecular weight is 303 g/mol. The highest BCUT2D eigenvalue weighted by atomic mass is 19.1. The zero-order valence-electron chi connectivity index (χ0n) is 11.9. The third kappa shape index (κ3) is 3.84. The maximum absolute atomic E-state index is 13.1. The quantitative estimate of drug-likeness (QED) is 0.701. The highest BCUT2D eigenvalue weighted by Crippen LogP contribution is 2.19. The lowest BCUT2D eigenvalue weighted by Gasteiger charge is -2.10. The van der Waals surface area contributed by atoms with E-state index in [2.05, 4.69) is 5.32 Å². The van der Waals surface area contributed by atoms with E-state index in [0.29, 0.717) is 11.0 Å². The molecule has 1 amide bonds. The minimum Gasteiger partial charge on any atom is -0.496 e. The zero-order valence-corrected chi connectivity index (χ0v) is 11.9. The number of halogens is 1. The van der Waals surface area contributed by atoms with Crippen LogP contribution in [0, 0.1) is 5.82 Å². The summed E-state index contributed by atoms with van der Waals surface area (Å²) in [4.78, 5) is 12.1. The van der Waals surface area contributed by atoms with Crippen LogP contribution in [0.2, 0.25) is 0 Å². The van der Waals surface area contributed by atoms with Crippen LogP contribution in [-0.4, -0.2) is 30.2 Å². The molecule has 114 valence electrons. The van der Waals surface area contributed by atoms with Crippen molar-refractivity contribution >= 4 is 18.5 Å². The van der Waals surface area contributed by atoms with Gasteiger partial charge in [-0.25, -0.2) is 4.39 Å². The Morgan fingerprint density at radius 2 is 2.05 bits per heavy atom. The predicted octanol–water partition coefficient (Wildman–Crippen LogP) is 0.444. The molecule has 0 spiro atoms. The van der Waals surface area contributed by atoms with E-state index in [4.69, 9.17) is 14.8 Å². The number of carbonyl (C=O) groups excluding carboxylic acids is 1. The first kappa shape index (κ1) is 16.0. The monoisotopic (exact) mass is 303 g/mol. The van der Waals surface area contributed by atoms with Gasteiger partial charge in [-0.3, -0.25) is 4.79 Å². The van der Waals surface area contributed by atoms with Gasteiger partial charge in [-0.15, -0.1) is 0 Å². The Morgan fingerprint density at radius 1 is 1.27 bits per heavy atom. The van der Waals surface area contributed by atoms with Gasteiger partial charge in [-0.1, -0.05) is 24.3 Å². The molecule has 3 N–H and O–H groups in total. The van der Waals surface area contributed by atoms with Crippen molar-refractivity contribution in [1.29, 1.82) is 0 Å². The van der Waals surface area contributed by atoms with E-state index in [-0.39, 0.29) is 17.9 Å². The molecule has 0 atom stereocenters. The van der Waals surface area contributed by atoms with Gasteiger partial charge < -0.3 is 20.1 Å². The summed E-state index contributed by atoms with van der Waals surface area (Å²) in [5.74, 6) is -0.748. The molecule has 0 aliphatic heterocycles. The standard InChI is InChI=1S/C15H15BFNO4/c1-22-14-8-12(17)5-6-13(14)15(19)18-9-10-3-2-4-11(7-10)16(20)21/h2-8,20-21H,9H2,1H3,(H,18,19). The van der Waals surface area contributed by atoms with Crippen molar-refractivity contribution in [3.63, 3.8) is 0 Å². The van der Waals surface area contributed by atoms with E-state index in [9.17, 15) is 9.18 Å². The number of benzene rings is 2. The smallest absolute Gasteiger partial charge is 0.488 e. The Balaban J connectivity index is 2.08. The van der Waals surface area contributed by atoms with Crippen LogP contribution < -0.4 is 15.5 Å². The summed E-state index contributed by atoms with van der Waals surface area (Å²) in [5.41, 5.74) is 1.27. The van der Waals surface area contributed by atoms with Crippen molar-refractivity contribution in [2.24, 2.45) is 0 Å². The van der Waals surface area contributed by atoms with Crippen LogP contribution in [-0.2, 0) is 6.54 Å². The summed E-state index contributed by atoms with van der Waals surface area (Å²) < 4.78 is 18.1. The SMILES string of the molecule is COc1cc(F)ccc1C(=O)NCc1cccc(B(O)O)c1. The predicted molar refractivity (Wildman–Crippen MR) is 80.4 cm³/mol. The van der Waals surface area contributed by atoms with Crippen LogP contribution in [0.4, 0.5) is 4.39 Å². The number of rotatable bonds is 5. The molecule has 2 aromatic rings. The molecule has 2 rings (SSSR count). The Labute approximate surface area is 127 Å². The molecule has 0 aromatic heterocycles. The second kappa shape index (κ2) is 7.06. The van der Waals surface area contributed by atoms with Crippen molar-refractivity contribution < 1.29 is 24.0 Å². The minimum atomic E-state index is -1.56. The number of amides is 1. The molecule has 7 heteroatoms. The van der Waals surface area contributed by atoms with Crippen molar-refractivity contribution in [2.75, 3.05) is 7.11 Å². The molecule has 0 heterocycles. The van der Waals surface area contributed by atoms with Crippen molar-refractivity contribution in [3.05, 3.63) is 59.4 Å². The van der Waals surface area contributed by atoms with E-state index in [1.54, 1.807) is 24.3 Å². The number of hydrogen-bond acceptors (Lipinski definition) is 4. The third-order valence-electron chi connectivity index (χ3n) is 3.11. The molecule has 0 saturated carbocycles. The van der Waals surface area contributed by atoms with E-state index in [1.165, 1.54) is 19.2 Å². The van der Waals surface area contributed by atoms with E-state index < -0.39 is 18.8 Å². The third-order valence-corrected chi connectivity index (χ3v) is 3.11. The summed E-state index contributed by atoms with van der Waals surface area (Å²) >= 11 is 0. The summed E-state index contributed by atoms with van der Waals surface area (Å²) in [6.07, 6.45) is 0. The zero-order chi connectivity index (χ0) is 16.1. The van der Waals surface area contributed by atoms with Crippen LogP contribution in [0.3, 0.4) is 0 Å². The summed E-state index contributed by atoms with van der Waals surface area (Å²) in [6, 6.07) is 10.2. The first-order valence-corrected chi connectivity index (χ1v) is 6.58. The van der Waals surface area contributed by atoms with Crippen LogP contribution in [0.15, 0.2) is 42.5 Å². The Bertz CT molecular complexity index is 678. The summed E-state index contributed by atoms with van der Waals surface area (Å²) in [5, 5.41) is 20.9. The second-order valence-electron chi connectivity index (χ2n) is 4.65. The first-order chi connectivity index (χ1) is 10.5. The van der Waals surface area contributed by atoms with Gasteiger partial charge in [0.05, 0.1) is 12.7 Å². The lowest BCUT2D eigenvalue weighted by molar-refractivity contribution is 0.0948. The topological polar surface area (TPSA) is 78.8 Å². The van der Waals surface area contributed by atoms with Gasteiger partial charge in [-0.05, 0) is 23.2 Å². The van der Waals surface area contributed by atoms with Crippen LogP contribution in [0.5, 0.6) is 5.75 Å². The van der Waals surface area contributed by atoms with Gasteiger partial charge in [0, 0.05) is 12.6 Å². The van der Waals surface area contributed by atoms with Gasteiger partial charge in [0.25, 0.3) is 5.91 Å². The molecule has 2 aromatic carbocycles. The molecular formula is C15H15BFNO4. The molecule has 0 radical (unpaired) electrons. The van der Waals surface area contributed by atoms with Crippen molar-refractivity contribution in [3.8, 4) is 5.75 Å². The van der Waals surface area contributed by atoms with E-state index >= 15 is 0 Å². The van der Waals surface area contributed by atoms with E-state index in [0.717, 1.165) is 6.07 Å². The molecule has 22 heavy (non-hydrogen) atoms. The van der Waals surface area contributed by atoms with Gasteiger partial charge in [-0.2, -0.15) is 0 Å². The molecule has 0 unspecified atom stereocenters. The number of hydrogen-bond donors (Lipinski definition) is 3. The Kier molecular flexibility index (Phi) is 5.14. The average Bonchev–Trinajstić information content (AvgIpc) is 2.52. The lowest BCUT2D eigenvalue weighted by Crippen LogP contribution is -2.30. The van der Waals surface area contributed by atoms with Gasteiger partial charge in [0.15, 0.2) is 0 Å². The van der Waals surface area contributed by atoms with Crippen molar-refractivity contribution in [1.82, 2.24) is 5.32 Å². The lowest BCUT2D eigenvalue weighted by atomic mass is 9.79. The van der Waals surface area contributed by atoms with Crippen molar-refractivity contribution in [2.45, 2.75) is 6.54 Å². The minimum absolute atomic E-state index is 0.150. The molecule has 5 nitrogen and oxygen atoms in total. The largest absolute Gasteiger partial charge is 0.496 e. The number of nitrogens with one attached hydrogen (secondary N) is 1. The highest BCUT2D eigenvalue weighted by molar-refractivity contribution is 6.58. The highest BCUT2D eigenvalue weighted by Gasteiger charge is 2.14. The number of ether oxygens (including phenoxy) is 1. The normalized spacial score (nSPS) is 10.2. The summed E-state index contributed by atoms with van der Waals surface area (Å²) in [6.45, 7) is 0.194. The molecule has 0 aliphatic rings. The number of methoxy groups -OCH3 is 1. The van der Waals surface area contributed by atoms with Crippen LogP contribution >= 0.6 is 0 Å². The second-order valence-corrected chi connectivity index (χ2v) is 4.65. The van der Waals surface area contributed by atoms with Gasteiger partial charge in [0.1, 0.15) is 11.6 Å². The first-order valence-electron chi connectivity index (χ1n) is 6.58. The van der Waals surface area contributed by atoms with Gasteiger partial charge >= 0.3 is 7.12 Å². The Morgan fingerprint density at radius 3 is 2.73 bits per heavy atom. The van der Waals surface area contributed by atoms with Crippen LogP contribution in [0.25, 0.3) is 0 Å². The summed E-state index contributed by atoms with van der Waals surface area (Å²) in [7, 11) is -0.203. The molecule has 0 bridgehead atoms. The molecule has 0 saturated heterocycles. The fourth-order valence-corrected chi connectivity index (χ4v) is 1.99. The fraction of sp³-hybridized carbons (Fsp3) is 0.133. The fourth-order valence-electron chi connectivity index (χ4n) is 1.99. The molecule has 0 aliphatic carbocycles. The Hall–Kier alpha value is -2.38. The number of carbonyl (C=O) groups is 1. The maximum Gasteiger partial charge on any atom is 0.488 e.